The number of para-hydroxylation sites is 1. The summed E-state index contributed by atoms with van der Waals surface area (Å²) in [6.45, 7) is 3.78. The van der Waals surface area contributed by atoms with Crippen molar-refractivity contribution in [1.29, 1.82) is 0 Å². The van der Waals surface area contributed by atoms with Crippen LogP contribution < -0.4 is 10.1 Å². The van der Waals surface area contributed by atoms with E-state index < -0.39 is 6.09 Å². The predicted octanol–water partition coefficient (Wildman–Crippen LogP) is 1.85. The minimum atomic E-state index is -0.476. The summed E-state index contributed by atoms with van der Waals surface area (Å²) in [6, 6.07) is 8.87. The van der Waals surface area contributed by atoms with Crippen molar-refractivity contribution in [3.05, 3.63) is 37.3 Å². The van der Waals surface area contributed by atoms with Gasteiger partial charge in [0.2, 0.25) is 0 Å². The molecule has 1 radical (unpaired) electrons. The molecule has 0 atom stereocenters. The number of nitrogens with one attached hydrogen (secondary N) is 1. The van der Waals surface area contributed by atoms with Crippen LogP contribution in [0.1, 0.15) is 1.43 Å². The smallest absolute Gasteiger partial charge is 0.410 e. The zero-order chi connectivity index (χ0) is 8.81. The molecular formula is C9H12NO2V-. The van der Waals surface area contributed by atoms with E-state index in [2.05, 4.69) is 12.2 Å². The summed E-state index contributed by atoms with van der Waals surface area (Å²) in [5.74, 6) is 0.531. The first-order valence-electron chi connectivity index (χ1n) is 3.63. The molecule has 0 aliphatic heterocycles. The van der Waals surface area contributed by atoms with Gasteiger partial charge >= 0.3 is 6.09 Å². The Morgan fingerprint density at radius 2 is 2.08 bits per heavy atom. The SMILES string of the molecule is [CH2-]CNC(=O)Oc1ccccc1.[HH].[V]. The van der Waals surface area contributed by atoms with Crippen molar-refractivity contribution in [1.82, 2.24) is 5.32 Å². The van der Waals surface area contributed by atoms with Crippen molar-refractivity contribution < 1.29 is 29.5 Å². The summed E-state index contributed by atoms with van der Waals surface area (Å²) >= 11 is 0. The molecular weight excluding hydrogens is 205 g/mol. The van der Waals surface area contributed by atoms with Crippen molar-refractivity contribution in [2.45, 2.75) is 0 Å². The van der Waals surface area contributed by atoms with Crippen LogP contribution in [0.2, 0.25) is 0 Å². The summed E-state index contributed by atoms with van der Waals surface area (Å²) < 4.78 is 4.86. The molecule has 0 aromatic heterocycles. The largest absolute Gasteiger partial charge is 0.410 e. The Bertz CT molecular complexity index is 256. The number of ether oxygens (including phenoxy) is 1. The first-order chi connectivity index (χ1) is 5.83. The van der Waals surface area contributed by atoms with Crippen molar-refractivity contribution in [3.8, 4) is 5.75 Å². The number of hydrogen-bond acceptors (Lipinski definition) is 2. The van der Waals surface area contributed by atoms with Gasteiger partial charge in [0.1, 0.15) is 5.75 Å². The van der Waals surface area contributed by atoms with Crippen LogP contribution in [0.4, 0.5) is 4.79 Å². The summed E-state index contributed by atoms with van der Waals surface area (Å²) in [7, 11) is 0. The Morgan fingerprint density at radius 1 is 1.46 bits per heavy atom. The molecule has 0 saturated carbocycles. The van der Waals surface area contributed by atoms with Gasteiger partial charge in [0.25, 0.3) is 0 Å². The molecule has 1 aromatic carbocycles. The van der Waals surface area contributed by atoms with E-state index in [-0.39, 0.29) is 20.0 Å². The second kappa shape index (κ2) is 6.58. The molecule has 13 heavy (non-hydrogen) atoms. The van der Waals surface area contributed by atoms with E-state index in [0.717, 1.165) is 0 Å². The first-order valence-corrected chi connectivity index (χ1v) is 3.63. The average molecular weight is 217 g/mol. The van der Waals surface area contributed by atoms with Crippen molar-refractivity contribution >= 4 is 6.09 Å². The molecule has 4 heteroatoms. The van der Waals surface area contributed by atoms with Gasteiger partial charge in [-0.1, -0.05) is 18.2 Å². The van der Waals surface area contributed by atoms with Crippen LogP contribution >= 0.6 is 0 Å². The minimum absolute atomic E-state index is 0. The van der Waals surface area contributed by atoms with E-state index in [1.54, 1.807) is 24.3 Å². The van der Waals surface area contributed by atoms with Crippen LogP contribution in [-0.2, 0) is 18.6 Å². The molecule has 1 N–H and O–H groups in total. The van der Waals surface area contributed by atoms with Crippen LogP contribution in [0.3, 0.4) is 0 Å². The van der Waals surface area contributed by atoms with Crippen LogP contribution in [-0.4, -0.2) is 12.6 Å². The Labute approximate surface area is 90.8 Å². The second-order valence-corrected chi connectivity index (χ2v) is 2.13. The average Bonchev–Trinajstić information content (AvgIpc) is 2.06. The van der Waals surface area contributed by atoms with E-state index in [1.165, 1.54) is 0 Å². The number of carbonyl (C=O) groups excluding carboxylic acids is 1. The summed E-state index contributed by atoms with van der Waals surface area (Å²) in [5, 5.41) is 2.42. The van der Waals surface area contributed by atoms with Gasteiger partial charge in [0, 0.05) is 20.0 Å². The second-order valence-electron chi connectivity index (χ2n) is 2.13. The van der Waals surface area contributed by atoms with Gasteiger partial charge in [0.05, 0.1) is 0 Å². The zero-order valence-corrected chi connectivity index (χ0v) is 8.46. The van der Waals surface area contributed by atoms with Crippen molar-refractivity contribution in [2.24, 2.45) is 0 Å². The molecule has 0 unspecified atom stereocenters. The molecule has 0 bridgehead atoms. The normalized spacial score (nSPS) is 8.38. The Morgan fingerprint density at radius 3 is 2.62 bits per heavy atom. The van der Waals surface area contributed by atoms with Crippen molar-refractivity contribution in [3.63, 3.8) is 0 Å². The van der Waals surface area contributed by atoms with E-state index in [0.29, 0.717) is 12.3 Å². The Hall–Kier alpha value is -0.926. The number of carbonyl (C=O) groups is 1. The molecule has 0 heterocycles. The molecule has 0 fully saturated rings. The molecule has 1 aromatic rings. The van der Waals surface area contributed by atoms with Gasteiger partial charge in [0.15, 0.2) is 0 Å². The molecule has 71 valence electrons. The molecule has 3 nitrogen and oxygen atoms in total. The van der Waals surface area contributed by atoms with Crippen LogP contribution in [0.25, 0.3) is 0 Å². The maximum absolute atomic E-state index is 10.8. The topological polar surface area (TPSA) is 38.3 Å². The monoisotopic (exact) mass is 217 g/mol. The maximum Gasteiger partial charge on any atom is 0.410 e. The fourth-order valence-corrected chi connectivity index (χ4v) is 0.734. The van der Waals surface area contributed by atoms with Gasteiger partial charge in [-0.3, -0.25) is 0 Å². The third kappa shape index (κ3) is 4.60. The van der Waals surface area contributed by atoms with E-state index in [9.17, 15) is 4.79 Å². The van der Waals surface area contributed by atoms with Crippen LogP contribution in [0, 0.1) is 6.92 Å². The number of rotatable bonds is 2. The quantitative estimate of drug-likeness (QED) is 0.768. The molecule has 0 aliphatic carbocycles. The van der Waals surface area contributed by atoms with E-state index >= 15 is 0 Å². The Balaban J connectivity index is 0. The number of benzene rings is 1. The van der Waals surface area contributed by atoms with Crippen LogP contribution in [0.15, 0.2) is 30.3 Å². The van der Waals surface area contributed by atoms with Gasteiger partial charge in [-0.25, -0.2) is 4.79 Å². The molecule has 1 amide bonds. The fourth-order valence-electron chi connectivity index (χ4n) is 0.734. The van der Waals surface area contributed by atoms with Crippen LogP contribution in [0.5, 0.6) is 5.75 Å². The number of amides is 1. The Kier molecular flexibility index (Phi) is 6.11. The number of hydrogen-bond donors (Lipinski definition) is 1. The molecule has 0 saturated heterocycles. The molecule has 0 spiro atoms. The molecule has 0 aliphatic rings. The predicted molar refractivity (Wildman–Crippen MR) is 47.9 cm³/mol. The third-order valence-electron chi connectivity index (χ3n) is 1.22. The molecule has 1 rings (SSSR count). The van der Waals surface area contributed by atoms with Gasteiger partial charge in [-0.15, -0.1) is 6.54 Å². The first kappa shape index (κ1) is 12.1. The summed E-state index contributed by atoms with van der Waals surface area (Å²) in [5.41, 5.74) is 0. The maximum atomic E-state index is 10.8. The van der Waals surface area contributed by atoms with Crippen molar-refractivity contribution in [2.75, 3.05) is 6.54 Å². The van der Waals surface area contributed by atoms with E-state index in [4.69, 9.17) is 4.74 Å². The van der Waals surface area contributed by atoms with Gasteiger partial charge in [-0.2, -0.15) is 0 Å². The zero-order valence-electron chi connectivity index (χ0n) is 7.06. The minimum Gasteiger partial charge on any atom is -0.410 e. The van der Waals surface area contributed by atoms with E-state index in [1.807, 2.05) is 6.07 Å². The van der Waals surface area contributed by atoms with Gasteiger partial charge < -0.3 is 17.0 Å². The summed E-state index contributed by atoms with van der Waals surface area (Å²) in [6.07, 6.45) is -0.476. The van der Waals surface area contributed by atoms with Gasteiger partial charge in [-0.05, 0) is 12.1 Å². The summed E-state index contributed by atoms with van der Waals surface area (Å²) in [4.78, 5) is 10.8. The fraction of sp³-hybridized carbons (Fsp3) is 0.111. The third-order valence-corrected chi connectivity index (χ3v) is 1.22. The standard InChI is InChI=1S/C9H10NO2.V.H2/c1-2-10-9(11)12-8-6-4-3-5-7-8;;/h3-7H,1-2H2,(H,10,11);;1H/q-1;;.